The van der Waals surface area contributed by atoms with E-state index in [-0.39, 0.29) is 18.3 Å². The first-order chi connectivity index (χ1) is 18.5. The van der Waals surface area contributed by atoms with Crippen LogP contribution in [0.25, 0.3) is 6.08 Å². The molecule has 0 spiro atoms. The van der Waals surface area contributed by atoms with E-state index in [4.69, 9.17) is 19.2 Å². The number of methoxy groups -OCH3 is 1. The Morgan fingerprint density at radius 2 is 1.84 bits per heavy atom. The zero-order valence-corrected chi connectivity index (χ0v) is 24.1. The Morgan fingerprint density at radius 3 is 2.55 bits per heavy atom. The van der Waals surface area contributed by atoms with Crippen LogP contribution in [0.4, 0.5) is 10.1 Å². The summed E-state index contributed by atoms with van der Waals surface area (Å²) >= 11 is 3.56. The molecule has 1 aliphatic heterocycles. The number of hydrogen-bond acceptors (Lipinski definition) is 6. The topological polar surface area (TPSA) is 60.4 Å². The maximum absolute atomic E-state index is 13.4. The van der Waals surface area contributed by atoms with Gasteiger partial charge in [0.15, 0.2) is 16.7 Å². The summed E-state index contributed by atoms with van der Waals surface area (Å²) in [5.41, 5.74) is 2.46. The van der Waals surface area contributed by atoms with Gasteiger partial charge in [0.1, 0.15) is 12.4 Å². The first-order valence-electron chi connectivity index (χ1n) is 12.2. The minimum Gasteiger partial charge on any atom is -0.490 e. The lowest BCUT2D eigenvalue weighted by Gasteiger charge is -2.15. The van der Waals surface area contributed by atoms with Gasteiger partial charge in [-0.15, -0.1) is 0 Å². The number of carbonyl (C=O) groups excluding carboxylic acids is 1. The van der Waals surface area contributed by atoms with E-state index in [1.165, 1.54) is 23.9 Å². The van der Waals surface area contributed by atoms with Gasteiger partial charge in [-0.05, 0) is 101 Å². The second-order valence-corrected chi connectivity index (χ2v) is 10.5. The Balaban J connectivity index is 1.60. The van der Waals surface area contributed by atoms with E-state index in [0.717, 1.165) is 20.4 Å². The molecule has 3 aromatic carbocycles. The van der Waals surface area contributed by atoms with E-state index in [1.54, 1.807) is 24.1 Å². The van der Waals surface area contributed by atoms with Crippen molar-refractivity contribution in [3.8, 4) is 11.5 Å². The molecule has 9 heteroatoms. The number of carbonyl (C=O) groups is 1. The van der Waals surface area contributed by atoms with Crippen LogP contribution in [0.1, 0.15) is 24.5 Å². The summed E-state index contributed by atoms with van der Waals surface area (Å²) in [4.78, 5) is 20.4. The van der Waals surface area contributed by atoms with E-state index in [1.807, 2.05) is 55.5 Å². The number of rotatable bonds is 11. The van der Waals surface area contributed by atoms with Crippen LogP contribution >= 0.6 is 34.4 Å². The maximum atomic E-state index is 13.4. The van der Waals surface area contributed by atoms with Crippen LogP contribution in [-0.4, -0.2) is 42.8 Å². The van der Waals surface area contributed by atoms with Gasteiger partial charge in [-0.2, -0.15) is 0 Å². The normalized spacial score (nSPS) is 15.5. The monoisotopic (exact) mass is 646 g/mol. The predicted octanol–water partition coefficient (Wildman–Crippen LogP) is 7.05. The molecule has 0 unspecified atom stereocenters. The third-order valence-electron chi connectivity index (χ3n) is 5.53. The van der Waals surface area contributed by atoms with Gasteiger partial charge in [-0.3, -0.25) is 9.69 Å². The number of amides is 1. The maximum Gasteiger partial charge on any atom is 0.266 e. The molecule has 0 bridgehead atoms. The van der Waals surface area contributed by atoms with Crippen LogP contribution in [0.5, 0.6) is 11.5 Å². The molecule has 6 nitrogen and oxygen atoms in total. The summed E-state index contributed by atoms with van der Waals surface area (Å²) in [5.74, 6) is 0.811. The Kier molecular flexibility index (Phi) is 10.2. The Hall–Kier alpha value is -2.89. The average Bonchev–Trinajstić information content (AvgIpc) is 3.19. The van der Waals surface area contributed by atoms with Crippen LogP contribution in [0, 0.1) is 9.39 Å². The third kappa shape index (κ3) is 7.36. The molecular formula is C29H28FIN2O4S. The van der Waals surface area contributed by atoms with Crippen LogP contribution in [0.3, 0.4) is 0 Å². The van der Waals surface area contributed by atoms with Gasteiger partial charge >= 0.3 is 0 Å². The molecule has 4 rings (SSSR count). The van der Waals surface area contributed by atoms with Crippen molar-refractivity contribution >= 4 is 57.2 Å². The lowest BCUT2D eigenvalue weighted by Crippen LogP contribution is -2.30. The summed E-state index contributed by atoms with van der Waals surface area (Å²) in [6.07, 6.45) is 2.56. The highest BCUT2D eigenvalue weighted by Gasteiger charge is 2.33. The second kappa shape index (κ2) is 13.8. The molecule has 0 aromatic heterocycles. The SMILES string of the molecule is CCOc1cc(/C=C2\SC(=Nc3ccccc3)N(CCCOC)C2=O)cc(I)c1OCc1ccc(F)cc1. The number of thioether (sulfide) groups is 1. The standard InChI is InChI=1S/C29H28FIN2O4S/c1-3-36-25-17-21(16-24(31)27(25)37-19-20-10-12-22(30)13-11-20)18-26-28(34)33(14-7-15-35-2)29(38-26)32-23-8-5-4-6-9-23/h4-6,8-13,16-18H,3,7,14-15,19H2,1-2H3/b26-18-,32-29?. The molecule has 0 atom stereocenters. The van der Waals surface area contributed by atoms with E-state index in [0.29, 0.717) is 47.8 Å². The van der Waals surface area contributed by atoms with Crippen molar-refractivity contribution < 1.29 is 23.4 Å². The van der Waals surface area contributed by atoms with Gasteiger partial charge in [-0.1, -0.05) is 30.3 Å². The quantitative estimate of drug-likeness (QED) is 0.127. The van der Waals surface area contributed by atoms with Gasteiger partial charge in [0.25, 0.3) is 5.91 Å². The number of para-hydroxylation sites is 1. The zero-order chi connectivity index (χ0) is 26.9. The average molecular weight is 647 g/mol. The molecule has 38 heavy (non-hydrogen) atoms. The lowest BCUT2D eigenvalue weighted by molar-refractivity contribution is -0.122. The first-order valence-corrected chi connectivity index (χ1v) is 14.1. The van der Waals surface area contributed by atoms with Gasteiger partial charge in [0.05, 0.1) is 20.8 Å². The number of benzene rings is 3. The predicted molar refractivity (Wildman–Crippen MR) is 158 cm³/mol. The third-order valence-corrected chi connectivity index (χ3v) is 7.33. The number of aliphatic imine (C=N–C) groups is 1. The molecule has 1 amide bonds. The molecule has 1 aliphatic rings. The molecule has 0 radical (unpaired) electrons. The molecule has 1 saturated heterocycles. The fourth-order valence-electron chi connectivity index (χ4n) is 3.73. The molecule has 0 saturated carbocycles. The molecule has 198 valence electrons. The van der Waals surface area contributed by atoms with Gasteiger partial charge in [0, 0.05) is 20.3 Å². The number of nitrogens with zero attached hydrogens (tertiary/aromatic N) is 2. The molecule has 0 aliphatic carbocycles. The fourth-order valence-corrected chi connectivity index (χ4v) is 5.54. The van der Waals surface area contributed by atoms with Crippen LogP contribution in [-0.2, 0) is 16.1 Å². The molecule has 3 aromatic rings. The van der Waals surface area contributed by atoms with E-state index >= 15 is 0 Å². The number of amidine groups is 1. The van der Waals surface area contributed by atoms with Gasteiger partial charge in [0.2, 0.25) is 0 Å². The van der Waals surface area contributed by atoms with Crippen LogP contribution in [0.2, 0.25) is 0 Å². The van der Waals surface area contributed by atoms with Gasteiger partial charge in [-0.25, -0.2) is 9.38 Å². The highest BCUT2D eigenvalue weighted by Crippen LogP contribution is 2.38. The largest absolute Gasteiger partial charge is 0.490 e. The molecule has 0 N–H and O–H groups in total. The summed E-state index contributed by atoms with van der Waals surface area (Å²) in [7, 11) is 1.65. The minimum atomic E-state index is -0.288. The van der Waals surface area contributed by atoms with Crippen LogP contribution < -0.4 is 9.47 Å². The number of ether oxygens (including phenoxy) is 3. The smallest absolute Gasteiger partial charge is 0.266 e. The summed E-state index contributed by atoms with van der Waals surface area (Å²) in [5, 5.41) is 0.641. The highest BCUT2D eigenvalue weighted by molar-refractivity contribution is 14.1. The van der Waals surface area contributed by atoms with Crippen molar-refractivity contribution in [2.24, 2.45) is 4.99 Å². The molecular weight excluding hydrogens is 618 g/mol. The highest BCUT2D eigenvalue weighted by atomic mass is 127. The summed E-state index contributed by atoms with van der Waals surface area (Å²) < 4.78 is 31.2. The lowest BCUT2D eigenvalue weighted by atomic mass is 10.1. The molecule has 1 heterocycles. The van der Waals surface area contributed by atoms with Crippen LogP contribution in [0.15, 0.2) is 76.6 Å². The molecule has 1 fully saturated rings. The fraction of sp³-hybridized carbons (Fsp3) is 0.241. The Morgan fingerprint density at radius 1 is 1.08 bits per heavy atom. The van der Waals surface area contributed by atoms with Crippen molar-refractivity contribution in [3.63, 3.8) is 0 Å². The number of halogens is 2. The summed E-state index contributed by atoms with van der Waals surface area (Å²) in [6.45, 7) is 3.71. The van der Waals surface area contributed by atoms with E-state index in [9.17, 15) is 9.18 Å². The second-order valence-electron chi connectivity index (χ2n) is 8.32. The van der Waals surface area contributed by atoms with Crippen molar-refractivity contribution in [3.05, 3.63) is 92.1 Å². The minimum absolute atomic E-state index is 0.0922. The summed E-state index contributed by atoms with van der Waals surface area (Å²) in [6, 6.07) is 19.6. The van der Waals surface area contributed by atoms with Crippen molar-refractivity contribution in [2.75, 3.05) is 26.9 Å². The van der Waals surface area contributed by atoms with E-state index in [2.05, 4.69) is 22.6 Å². The Bertz CT molecular complexity index is 1320. The van der Waals surface area contributed by atoms with Crippen molar-refractivity contribution in [1.82, 2.24) is 4.90 Å². The number of hydrogen-bond donors (Lipinski definition) is 0. The van der Waals surface area contributed by atoms with Gasteiger partial charge < -0.3 is 14.2 Å². The first kappa shape index (κ1) is 28.1. The Labute approximate surface area is 240 Å². The van der Waals surface area contributed by atoms with Crippen molar-refractivity contribution in [1.29, 1.82) is 0 Å². The van der Waals surface area contributed by atoms with E-state index < -0.39 is 0 Å². The zero-order valence-electron chi connectivity index (χ0n) is 21.2. The van der Waals surface area contributed by atoms with Crippen molar-refractivity contribution in [2.45, 2.75) is 20.0 Å².